The second kappa shape index (κ2) is 7.91. The Balaban J connectivity index is 1.84. The van der Waals surface area contributed by atoms with E-state index in [0.717, 1.165) is 25.1 Å². The maximum atomic E-state index is 13.0. The standard InChI is InChI=1S/C18H22FNO/c1-14-11-18(19)8-7-15(14)9-10-20-12-16-5-3-4-6-17(16)13-21-2/h3-8,11,20H,9-10,12-13H2,1-2H3. The van der Waals surface area contributed by atoms with E-state index < -0.39 is 0 Å². The second-order valence-corrected chi connectivity index (χ2v) is 5.20. The molecular formula is C18H22FNO. The van der Waals surface area contributed by atoms with E-state index in [4.69, 9.17) is 4.74 Å². The van der Waals surface area contributed by atoms with Crippen LogP contribution in [0.3, 0.4) is 0 Å². The Bertz CT molecular complexity index is 583. The third-order valence-electron chi connectivity index (χ3n) is 3.61. The van der Waals surface area contributed by atoms with Gasteiger partial charge in [-0.1, -0.05) is 30.3 Å². The van der Waals surface area contributed by atoms with Gasteiger partial charge < -0.3 is 10.1 Å². The van der Waals surface area contributed by atoms with Crippen LogP contribution >= 0.6 is 0 Å². The van der Waals surface area contributed by atoms with E-state index in [1.807, 2.05) is 25.1 Å². The van der Waals surface area contributed by atoms with Crippen LogP contribution in [0.2, 0.25) is 0 Å². The predicted molar refractivity (Wildman–Crippen MR) is 83.7 cm³/mol. The lowest BCUT2D eigenvalue weighted by Crippen LogP contribution is -2.18. The number of rotatable bonds is 7. The van der Waals surface area contributed by atoms with Gasteiger partial charge in [0.25, 0.3) is 0 Å². The molecule has 0 radical (unpaired) electrons. The van der Waals surface area contributed by atoms with Crippen LogP contribution < -0.4 is 5.32 Å². The molecule has 0 aliphatic rings. The topological polar surface area (TPSA) is 21.3 Å². The van der Waals surface area contributed by atoms with Gasteiger partial charge in [-0.2, -0.15) is 0 Å². The average Bonchev–Trinajstić information content (AvgIpc) is 2.47. The van der Waals surface area contributed by atoms with Crippen molar-refractivity contribution in [3.8, 4) is 0 Å². The van der Waals surface area contributed by atoms with Gasteiger partial charge in [-0.15, -0.1) is 0 Å². The highest BCUT2D eigenvalue weighted by Crippen LogP contribution is 2.11. The smallest absolute Gasteiger partial charge is 0.123 e. The Labute approximate surface area is 126 Å². The van der Waals surface area contributed by atoms with Gasteiger partial charge in [0.05, 0.1) is 6.61 Å². The van der Waals surface area contributed by atoms with Crippen LogP contribution in [0.5, 0.6) is 0 Å². The molecule has 2 aromatic carbocycles. The number of ether oxygens (including phenoxy) is 1. The van der Waals surface area contributed by atoms with E-state index in [1.54, 1.807) is 13.2 Å². The van der Waals surface area contributed by atoms with Gasteiger partial charge in [0.2, 0.25) is 0 Å². The fourth-order valence-electron chi connectivity index (χ4n) is 2.41. The number of benzene rings is 2. The van der Waals surface area contributed by atoms with Crippen LogP contribution in [0.4, 0.5) is 4.39 Å². The zero-order valence-electron chi connectivity index (χ0n) is 12.7. The van der Waals surface area contributed by atoms with Gasteiger partial charge in [-0.3, -0.25) is 0 Å². The van der Waals surface area contributed by atoms with Crippen LogP contribution in [0, 0.1) is 12.7 Å². The first-order valence-electron chi connectivity index (χ1n) is 7.22. The second-order valence-electron chi connectivity index (χ2n) is 5.20. The molecule has 0 aliphatic carbocycles. The van der Waals surface area contributed by atoms with Gasteiger partial charge in [0, 0.05) is 13.7 Å². The molecule has 2 aromatic rings. The zero-order chi connectivity index (χ0) is 15.1. The van der Waals surface area contributed by atoms with Gasteiger partial charge >= 0.3 is 0 Å². The fraction of sp³-hybridized carbons (Fsp3) is 0.333. The van der Waals surface area contributed by atoms with Gasteiger partial charge in [-0.05, 0) is 54.3 Å². The quantitative estimate of drug-likeness (QED) is 0.785. The molecule has 0 saturated carbocycles. The van der Waals surface area contributed by atoms with E-state index in [-0.39, 0.29) is 5.82 Å². The van der Waals surface area contributed by atoms with Crippen LogP contribution in [-0.4, -0.2) is 13.7 Å². The predicted octanol–water partition coefficient (Wildman–Crippen LogP) is 3.61. The minimum Gasteiger partial charge on any atom is -0.380 e. The van der Waals surface area contributed by atoms with E-state index in [9.17, 15) is 4.39 Å². The van der Waals surface area contributed by atoms with E-state index in [0.29, 0.717) is 6.61 Å². The molecule has 0 heterocycles. The molecule has 3 heteroatoms. The number of nitrogens with one attached hydrogen (secondary N) is 1. The first kappa shape index (κ1) is 15.7. The molecule has 0 unspecified atom stereocenters. The highest BCUT2D eigenvalue weighted by atomic mass is 19.1. The molecule has 0 aromatic heterocycles. The molecular weight excluding hydrogens is 265 g/mol. The van der Waals surface area contributed by atoms with Crippen molar-refractivity contribution in [3.63, 3.8) is 0 Å². The Morgan fingerprint density at radius 2 is 1.81 bits per heavy atom. The summed E-state index contributed by atoms with van der Waals surface area (Å²) in [4.78, 5) is 0. The van der Waals surface area contributed by atoms with Crippen molar-refractivity contribution in [3.05, 3.63) is 70.5 Å². The summed E-state index contributed by atoms with van der Waals surface area (Å²) in [5.41, 5.74) is 4.67. The lowest BCUT2D eigenvalue weighted by molar-refractivity contribution is 0.184. The molecule has 1 N–H and O–H groups in total. The molecule has 0 amide bonds. The number of hydrogen-bond acceptors (Lipinski definition) is 2. The Kier molecular flexibility index (Phi) is 5.90. The number of methoxy groups -OCH3 is 1. The summed E-state index contributed by atoms with van der Waals surface area (Å²) in [5.74, 6) is -0.169. The minimum absolute atomic E-state index is 0.169. The summed E-state index contributed by atoms with van der Waals surface area (Å²) in [6, 6.07) is 13.2. The lowest BCUT2D eigenvalue weighted by Gasteiger charge is -2.11. The monoisotopic (exact) mass is 287 g/mol. The van der Waals surface area contributed by atoms with E-state index in [1.165, 1.54) is 22.8 Å². The third kappa shape index (κ3) is 4.66. The zero-order valence-corrected chi connectivity index (χ0v) is 12.7. The molecule has 0 fully saturated rings. The minimum atomic E-state index is -0.169. The van der Waals surface area contributed by atoms with Crippen molar-refractivity contribution in [2.75, 3.05) is 13.7 Å². The first-order chi connectivity index (χ1) is 10.2. The first-order valence-corrected chi connectivity index (χ1v) is 7.22. The fourth-order valence-corrected chi connectivity index (χ4v) is 2.41. The van der Waals surface area contributed by atoms with Crippen molar-refractivity contribution < 1.29 is 9.13 Å². The van der Waals surface area contributed by atoms with Gasteiger partial charge in [0.1, 0.15) is 5.82 Å². The van der Waals surface area contributed by atoms with Crippen molar-refractivity contribution >= 4 is 0 Å². The summed E-state index contributed by atoms with van der Waals surface area (Å²) < 4.78 is 18.3. The number of aryl methyl sites for hydroxylation is 1. The maximum Gasteiger partial charge on any atom is 0.123 e. The van der Waals surface area contributed by atoms with Crippen LogP contribution in [0.15, 0.2) is 42.5 Å². The molecule has 0 spiro atoms. The van der Waals surface area contributed by atoms with Crippen molar-refractivity contribution in [2.45, 2.75) is 26.5 Å². The highest BCUT2D eigenvalue weighted by molar-refractivity contribution is 5.28. The van der Waals surface area contributed by atoms with Crippen molar-refractivity contribution in [1.29, 1.82) is 0 Å². The van der Waals surface area contributed by atoms with Crippen molar-refractivity contribution in [1.82, 2.24) is 5.32 Å². The highest BCUT2D eigenvalue weighted by Gasteiger charge is 2.02. The summed E-state index contributed by atoms with van der Waals surface area (Å²) in [5, 5.41) is 3.44. The SMILES string of the molecule is COCc1ccccc1CNCCc1ccc(F)cc1C. The van der Waals surface area contributed by atoms with E-state index in [2.05, 4.69) is 17.4 Å². The average molecular weight is 287 g/mol. The molecule has 2 rings (SSSR count). The molecule has 0 atom stereocenters. The normalized spacial score (nSPS) is 10.8. The Hall–Kier alpha value is -1.71. The lowest BCUT2D eigenvalue weighted by atomic mass is 10.1. The molecule has 0 aliphatic heterocycles. The number of halogens is 1. The summed E-state index contributed by atoms with van der Waals surface area (Å²) in [6.07, 6.45) is 0.901. The Morgan fingerprint density at radius 3 is 2.52 bits per heavy atom. The van der Waals surface area contributed by atoms with Crippen LogP contribution in [-0.2, 0) is 24.3 Å². The molecule has 112 valence electrons. The van der Waals surface area contributed by atoms with Crippen molar-refractivity contribution in [2.24, 2.45) is 0 Å². The Morgan fingerprint density at radius 1 is 1.05 bits per heavy atom. The van der Waals surface area contributed by atoms with Crippen LogP contribution in [0.25, 0.3) is 0 Å². The maximum absolute atomic E-state index is 13.0. The molecule has 0 saturated heterocycles. The summed E-state index contributed by atoms with van der Waals surface area (Å²) in [6.45, 7) is 4.27. The number of hydrogen-bond donors (Lipinski definition) is 1. The van der Waals surface area contributed by atoms with Crippen LogP contribution in [0.1, 0.15) is 22.3 Å². The van der Waals surface area contributed by atoms with Gasteiger partial charge in [0.15, 0.2) is 0 Å². The van der Waals surface area contributed by atoms with E-state index >= 15 is 0 Å². The summed E-state index contributed by atoms with van der Waals surface area (Å²) >= 11 is 0. The third-order valence-corrected chi connectivity index (χ3v) is 3.61. The largest absolute Gasteiger partial charge is 0.380 e. The summed E-state index contributed by atoms with van der Waals surface area (Å²) in [7, 11) is 1.71. The van der Waals surface area contributed by atoms with Gasteiger partial charge in [-0.25, -0.2) is 4.39 Å². The molecule has 2 nitrogen and oxygen atoms in total. The molecule has 21 heavy (non-hydrogen) atoms. The molecule has 0 bridgehead atoms.